The summed E-state index contributed by atoms with van der Waals surface area (Å²) in [5, 5.41) is 1.46. The molecule has 1 aliphatic carbocycles. The fourth-order valence-corrected chi connectivity index (χ4v) is 9.22. The van der Waals surface area contributed by atoms with E-state index in [1.807, 2.05) is 22.9 Å². The second-order valence-electron chi connectivity index (χ2n) is 16.8. The van der Waals surface area contributed by atoms with Gasteiger partial charge in [-0.1, -0.05) is 43.2 Å². The number of sulfonamides is 1. The molecule has 8 rings (SSSR count). The number of benzene rings is 3. The summed E-state index contributed by atoms with van der Waals surface area (Å²) >= 11 is 6.23. The lowest BCUT2D eigenvalue weighted by Crippen LogP contribution is -2.47. The average molecular weight is 878 g/mol. The molecule has 16 heteroatoms. The highest BCUT2D eigenvalue weighted by Crippen LogP contribution is 2.43. The van der Waals surface area contributed by atoms with E-state index in [0.717, 1.165) is 56.0 Å². The number of fused-ring (bicyclic) bond motifs is 1. The van der Waals surface area contributed by atoms with Gasteiger partial charge in [0.15, 0.2) is 11.6 Å². The fourth-order valence-electron chi connectivity index (χ4n) is 8.11. The van der Waals surface area contributed by atoms with Crippen LogP contribution in [-0.4, -0.2) is 87.4 Å². The largest absolute Gasteiger partial charge is 0.487 e. The maximum absolute atomic E-state index is 15.2. The number of rotatable bonds is 12. The molecule has 0 bridgehead atoms. The van der Waals surface area contributed by atoms with Crippen molar-refractivity contribution in [2.75, 3.05) is 57.4 Å². The van der Waals surface area contributed by atoms with E-state index in [1.165, 1.54) is 29.0 Å². The number of hydrogen-bond acceptors (Lipinski definition) is 9. The zero-order chi connectivity index (χ0) is 42.9. The minimum Gasteiger partial charge on any atom is -0.487 e. The minimum absolute atomic E-state index is 0.0244. The molecule has 0 saturated carbocycles. The maximum Gasteiger partial charge on any atom is 0.268 e. The normalized spacial score (nSPS) is 18.3. The van der Waals surface area contributed by atoms with Crippen molar-refractivity contribution in [2.24, 2.45) is 5.41 Å². The van der Waals surface area contributed by atoms with E-state index >= 15 is 4.39 Å². The summed E-state index contributed by atoms with van der Waals surface area (Å²) in [5.74, 6) is -4.58. The van der Waals surface area contributed by atoms with Crippen LogP contribution >= 0.6 is 11.6 Å². The number of amides is 1. The maximum atomic E-state index is 15.2. The summed E-state index contributed by atoms with van der Waals surface area (Å²) in [6, 6.07) is 17.6. The smallest absolute Gasteiger partial charge is 0.268 e. The number of H-pyrrole nitrogens is 1. The number of nitrogens with one attached hydrogen (secondary N) is 2. The number of pyridine rings is 1. The summed E-state index contributed by atoms with van der Waals surface area (Å²) < 4.78 is 90.6. The molecule has 3 aromatic carbocycles. The first-order chi connectivity index (χ1) is 29.1. The first-order valence-corrected chi connectivity index (χ1v) is 22.1. The van der Waals surface area contributed by atoms with Crippen molar-refractivity contribution >= 4 is 49.8 Å². The van der Waals surface area contributed by atoms with Crippen LogP contribution in [0.25, 0.3) is 16.6 Å². The topological polar surface area (TPSA) is 126 Å². The van der Waals surface area contributed by atoms with Crippen molar-refractivity contribution in [1.29, 1.82) is 0 Å². The van der Waals surface area contributed by atoms with Crippen LogP contribution in [0.3, 0.4) is 0 Å². The molecule has 61 heavy (non-hydrogen) atoms. The molecule has 0 unspecified atom stereocenters. The Morgan fingerprint density at radius 1 is 0.967 bits per heavy atom. The number of carbonyl (C=O) groups excluding carboxylic acids is 1. The van der Waals surface area contributed by atoms with Gasteiger partial charge in [-0.25, -0.2) is 26.9 Å². The van der Waals surface area contributed by atoms with E-state index < -0.39 is 50.5 Å². The summed E-state index contributed by atoms with van der Waals surface area (Å²) in [7, 11) is -4.82. The van der Waals surface area contributed by atoms with Crippen LogP contribution in [0.5, 0.6) is 17.2 Å². The number of nitrogens with zero attached hydrogens (tertiary/aromatic N) is 3. The van der Waals surface area contributed by atoms with Gasteiger partial charge in [0, 0.05) is 93.2 Å². The highest BCUT2D eigenvalue weighted by atomic mass is 35.5. The van der Waals surface area contributed by atoms with E-state index in [4.69, 9.17) is 25.8 Å². The molecule has 4 heterocycles. The van der Waals surface area contributed by atoms with Crippen LogP contribution in [0.15, 0.2) is 89.6 Å². The molecule has 1 amide bonds. The molecule has 0 radical (unpaired) electrons. The highest BCUT2D eigenvalue weighted by molar-refractivity contribution is 7.90. The predicted octanol–water partition coefficient (Wildman–Crippen LogP) is 9.09. The quantitative estimate of drug-likeness (QED) is 0.126. The second-order valence-corrected chi connectivity index (χ2v) is 18.9. The molecule has 0 atom stereocenters. The average Bonchev–Trinajstić information content (AvgIpc) is 3.71. The number of allylic oxidation sites excluding steroid dienone is 1. The van der Waals surface area contributed by atoms with Crippen LogP contribution < -0.4 is 19.1 Å². The number of alkyl halides is 1. The lowest BCUT2D eigenvalue weighted by Gasteiger charge is -2.39. The van der Waals surface area contributed by atoms with Gasteiger partial charge in [0.25, 0.3) is 15.9 Å². The van der Waals surface area contributed by atoms with Crippen LogP contribution in [-0.2, 0) is 14.8 Å². The van der Waals surface area contributed by atoms with E-state index in [1.54, 1.807) is 24.4 Å². The first-order valence-electron chi connectivity index (χ1n) is 20.3. The number of aromatic nitrogens is 2. The van der Waals surface area contributed by atoms with E-state index in [0.29, 0.717) is 35.6 Å². The van der Waals surface area contributed by atoms with Gasteiger partial charge in [-0.2, -0.15) is 4.39 Å². The van der Waals surface area contributed by atoms with Crippen molar-refractivity contribution < 1.29 is 40.6 Å². The number of carbonyl (C=O) groups is 1. The molecule has 2 N–H and O–H groups in total. The van der Waals surface area contributed by atoms with E-state index in [2.05, 4.69) is 45.7 Å². The number of aromatic amines is 1. The molecule has 2 saturated heterocycles. The lowest BCUT2D eigenvalue weighted by molar-refractivity contribution is -0.0330. The Hall–Kier alpha value is -5.09. The Bertz CT molecular complexity index is 2570. The number of halogens is 4. The summed E-state index contributed by atoms with van der Waals surface area (Å²) in [4.78, 5) is 25.1. The SMILES string of the molecule is CC1(C)CCC(CN2CCN(c3ccc(C(=O)NS(=O)(=O)c4cc(F)c(F)c(OCC5(F)CCOCC5)c4)c(Oc4cnc5[nH]ccc5c4)c3)CC2)=C(c2ccc(Cl)cc2)C1. The number of anilines is 1. The molecule has 2 fully saturated rings. The Morgan fingerprint density at radius 3 is 2.48 bits per heavy atom. The third-order valence-electron chi connectivity index (χ3n) is 11.7. The summed E-state index contributed by atoms with van der Waals surface area (Å²) in [5.41, 5.74) is 3.62. The van der Waals surface area contributed by atoms with Crippen molar-refractivity contribution in [2.45, 2.75) is 56.5 Å². The number of ether oxygens (including phenoxy) is 3. The van der Waals surface area contributed by atoms with Gasteiger partial charge < -0.3 is 24.1 Å². The van der Waals surface area contributed by atoms with E-state index in [9.17, 15) is 22.0 Å². The summed E-state index contributed by atoms with van der Waals surface area (Å²) in [6.07, 6.45) is 6.29. The Morgan fingerprint density at radius 2 is 1.72 bits per heavy atom. The molecule has 3 aliphatic rings. The van der Waals surface area contributed by atoms with Gasteiger partial charge in [0.05, 0.1) is 16.7 Å². The third-order valence-corrected chi connectivity index (χ3v) is 13.3. The monoisotopic (exact) mass is 877 g/mol. The fraction of sp³-hybridized carbons (Fsp3) is 0.378. The Balaban J connectivity index is 1.01. The molecule has 2 aromatic heterocycles. The molecule has 11 nitrogen and oxygen atoms in total. The lowest BCUT2D eigenvalue weighted by atomic mass is 9.72. The van der Waals surface area contributed by atoms with Crippen molar-refractivity contribution in [3.05, 3.63) is 112 Å². The van der Waals surface area contributed by atoms with Crippen molar-refractivity contribution in [1.82, 2.24) is 19.6 Å². The van der Waals surface area contributed by atoms with Gasteiger partial charge in [-0.15, -0.1) is 0 Å². The second kappa shape index (κ2) is 17.3. The van der Waals surface area contributed by atoms with Gasteiger partial charge >= 0.3 is 0 Å². The Kier molecular flexibility index (Phi) is 12.1. The zero-order valence-electron chi connectivity index (χ0n) is 33.9. The molecular formula is C45H47ClF3N5O6S. The van der Waals surface area contributed by atoms with Gasteiger partial charge in [0.1, 0.15) is 29.4 Å². The third kappa shape index (κ3) is 9.85. The minimum atomic E-state index is -4.82. The number of piperazine rings is 1. The predicted molar refractivity (Wildman–Crippen MR) is 228 cm³/mol. The molecule has 5 aromatic rings. The zero-order valence-corrected chi connectivity index (χ0v) is 35.5. The van der Waals surface area contributed by atoms with Crippen molar-refractivity contribution in [3.8, 4) is 17.2 Å². The van der Waals surface area contributed by atoms with E-state index in [-0.39, 0.29) is 42.8 Å². The van der Waals surface area contributed by atoms with Gasteiger partial charge in [0.2, 0.25) is 5.82 Å². The van der Waals surface area contributed by atoms with Crippen LogP contribution in [0.1, 0.15) is 61.9 Å². The van der Waals surface area contributed by atoms with Crippen LogP contribution in [0, 0.1) is 17.0 Å². The summed E-state index contributed by atoms with van der Waals surface area (Å²) in [6.45, 7) is 8.04. The van der Waals surface area contributed by atoms with Crippen LogP contribution in [0.4, 0.5) is 18.9 Å². The van der Waals surface area contributed by atoms with Gasteiger partial charge in [-0.05, 0) is 78.3 Å². The number of hydrogen-bond donors (Lipinski definition) is 2. The Labute approximate surface area is 357 Å². The first kappa shape index (κ1) is 42.6. The molecule has 322 valence electrons. The standard InChI is InChI=1S/C45H47ClF3N5O6S/c1-44(2)11-9-31(37(25-44)29-3-5-32(46)6-4-29)27-53-15-17-54(18-16-53)33-7-8-36(39(22-33)60-34-21-30-10-14-50-42(30)51-26-34)43(55)52-61(56,57)35-23-38(47)41(48)40(24-35)59-28-45(49)12-19-58-20-13-45/h3-8,10,14,21-24,26H,9,11-13,15-20,25,27-28H2,1-2H3,(H,50,51)(H,52,55). The van der Waals surface area contributed by atoms with Crippen molar-refractivity contribution in [3.63, 3.8) is 0 Å². The van der Waals surface area contributed by atoms with Crippen LogP contribution in [0.2, 0.25) is 5.02 Å². The molecular weight excluding hydrogens is 831 g/mol. The molecule has 2 aliphatic heterocycles. The highest BCUT2D eigenvalue weighted by Gasteiger charge is 2.35. The van der Waals surface area contributed by atoms with Gasteiger partial charge in [-0.3, -0.25) is 9.69 Å². The molecule has 0 spiro atoms.